The lowest BCUT2D eigenvalue weighted by molar-refractivity contribution is 0.0150. The second-order valence-corrected chi connectivity index (χ2v) is 11.3. The molecule has 0 N–H and O–H groups in total. The molecule has 0 radical (unpaired) electrons. The fourth-order valence-electron chi connectivity index (χ4n) is 5.29. The number of hydrogen-bond donors (Lipinski definition) is 0. The van der Waals surface area contributed by atoms with Crippen molar-refractivity contribution in [3.8, 4) is 11.1 Å². The van der Waals surface area contributed by atoms with Crippen LogP contribution in [0.4, 0.5) is 0 Å². The Hall–Kier alpha value is -3.27. The van der Waals surface area contributed by atoms with Crippen LogP contribution in [-0.2, 0) is 21.8 Å². The van der Waals surface area contributed by atoms with Crippen LogP contribution in [0.25, 0.3) is 27.7 Å². The molecule has 0 bridgehead atoms. The highest BCUT2D eigenvalue weighted by atomic mass is 32.2. The maximum Gasteiger partial charge on any atom is 0.269 e. The molecule has 1 fully saturated rings. The van der Waals surface area contributed by atoms with Crippen molar-refractivity contribution in [1.29, 1.82) is 0 Å². The predicted molar refractivity (Wildman–Crippen MR) is 150 cm³/mol. The van der Waals surface area contributed by atoms with E-state index in [1.165, 1.54) is 9.55 Å². The van der Waals surface area contributed by atoms with Crippen molar-refractivity contribution in [3.63, 3.8) is 0 Å². The average Bonchev–Trinajstić information content (AvgIpc) is 3.58. The summed E-state index contributed by atoms with van der Waals surface area (Å²) in [6.45, 7) is 7.62. The molecule has 9 heteroatoms. The first kappa shape index (κ1) is 26.3. The van der Waals surface area contributed by atoms with Crippen LogP contribution in [0, 0.1) is 0 Å². The van der Waals surface area contributed by atoms with E-state index in [1.54, 1.807) is 47.4 Å². The SMILES string of the molecule is CC.Cn1cc(-c2cn(S(=O)(=O)c3ccccc3)c3ncc(C4=CCC(N5CCOCC5)CC4)cc23)cn1. The van der Waals surface area contributed by atoms with Crippen molar-refractivity contribution in [2.24, 2.45) is 7.05 Å². The van der Waals surface area contributed by atoms with Crippen LogP contribution >= 0.6 is 0 Å². The van der Waals surface area contributed by atoms with Crippen molar-refractivity contribution in [2.45, 2.75) is 44.0 Å². The van der Waals surface area contributed by atoms with E-state index in [2.05, 4.69) is 22.1 Å². The summed E-state index contributed by atoms with van der Waals surface area (Å²) >= 11 is 0. The zero-order valence-corrected chi connectivity index (χ0v) is 23.1. The molecular weight excluding hydrogens is 498 g/mol. The van der Waals surface area contributed by atoms with Crippen LogP contribution in [0.1, 0.15) is 38.7 Å². The highest BCUT2D eigenvalue weighted by Crippen LogP contribution is 2.36. The number of aryl methyl sites for hydroxylation is 1. The predicted octanol–water partition coefficient (Wildman–Crippen LogP) is 4.97. The molecule has 4 heterocycles. The van der Waals surface area contributed by atoms with Crippen LogP contribution < -0.4 is 0 Å². The fourth-order valence-corrected chi connectivity index (χ4v) is 6.64. The van der Waals surface area contributed by atoms with Gasteiger partial charge in [0.15, 0.2) is 5.65 Å². The fraction of sp³-hybridized carbons (Fsp3) is 0.379. The number of fused-ring (bicyclic) bond motifs is 1. The molecule has 0 saturated carbocycles. The Bertz CT molecular complexity index is 1530. The molecule has 1 aromatic carbocycles. The molecule has 0 amide bonds. The lowest BCUT2D eigenvalue weighted by atomic mass is 9.90. The van der Waals surface area contributed by atoms with Crippen molar-refractivity contribution in [2.75, 3.05) is 26.3 Å². The molecule has 1 unspecified atom stereocenters. The van der Waals surface area contributed by atoms with Crippen LogP contribution in [-0.4, -0.2) is 64.4 Å². The summed E-state index contributed by atoms with van der Waals surface area (Å²) in [5.74, 6) is 0. The molecule has 0 spiro atoms. The highest BCUT2D eigenvalue weighted by molar-refractivity contribution is 7.90. The summed E-state index contributed by atoms with van der Waals surface area (Å²) in [4.78, 5) is 7.46. The number of hydrogen-bond acceptors (Lipinski definition) is 6. The van der Waals surface area contributed by atoms with Crippen molar-refractivity contribution >= 4 is 26.6 Å². The van der Waals surface area contributed by atoms with Gasteiger partial charge < -0.3 is 4.74 Å². The molecule has 6 rings (SSSR count). The van der Waals surface area contributed by atoms with E-state index < -0.39 is 10.0 Å². The molecule has 38 heavy (non-hydrogen) atoms. The third kappa shape index (κ3) is 5.06. The maximum atomic E-state index is 13.5. The van der Waals surface area contributed by atoms with Gasteiger partial charge in [0.1, 0.15) is 0 Å². The maximum absolute atomic E-state index is 13.5. The van der Waals surface area contributed by atoms with Gasteiger partial charge in [-0.1, -0.05) is 38.1 Å². The summed E-state index contributed by atoms with van der Waals surface area (Å²) < 4.78 is 35.6. The summed E-state index contributed by atoms with van der Waals surface area (Å²) in [6, 6.07) is 11.1. The van der Waals surface area contributed by atoms with E-state index in [-0.39, 0.29) is 4.90 Å². The second-order valence-electron chi connectivity index (χ2n) is 9.46. The normalized spacial score (nSPS) is 18.6. The molecule has 2 aliphatic rings. The Labute approximate surface area is 224 Å². The highest BCUT2D eigenvalue weighted by Gasteiger charge is 2.26. The smallest absolute Gasteiger partial charge is 0.269 e. The standard InChI is InChI=1S/C27H29N5O3S.C2H6/c1-30-18-22(17-29-30)26-19-32(36(33,34)24-5-3-2-4-6-24)27-25(26)15-21(16-28-27)20-7-9-23(10-8-20)31-11-13-35-14-12-31;1-2/h2-7,15-19,23H,8-14H2,1H3;1-2H3. The van der Waals surface area contributed by atoms with Gasteiger partial charge in [-0.25, -0.2) is 17.4 Å². The van der Waals surface area contributed by atoms with Gasteiger partial charge in [-0.15, -0.1) is 0 Å². The molecule has 8 nitrogen and oxygen atoms in total. The number of pyridine rings is 1. The van der Waals surface area contributed by atoms with E-state index in [0.717, 1.165) is 67.6 Å². The molecule has 1 aliphatic carbocycles. The third-order valence-electron chi connectivity index (χ3n) is 7.24. The number of rotatable bonds is 5. The van der Waals surface area contributed by atoms with Gasteiger partial charge in [0, 0.05) is 61.3 Å². The third-order valence-corrected chi connectivity index (χ3v) is 8.91. The molecule has 1 saturated heterocycles. The van der Waals surface area contributed by atoms with Crippen molar-refractivity contribution in [3.05, 3.63) is 72.8 Å². The van der Waals surface area contributed by atoms with Crippen LogP contribution in [0.3, 0.4) is 0 Å². The number of morpholine rings is 1. The average molecular weight is 534 g/mol. The number of ether oxygens (including phenoxy) is 1. The van der Waals surface area contributed by atoms with E-state index in [0.29, 0.717) is 11.7 Å². The summed E-state index contributed by atoms with van der Waals surface area (Å²) in [6.07, 6.45) is 12.5. The minimum Gasteiger partial charge on any atom is -0.379 e. The summed E-state index contributed by atoms with van der Waals surface area (Å²) in [7, 11) is -1.95. The van der Waals surface area contributed by atoms with Crippen molar-refractivity contribution in [1.82, 2.24) is 23.6 Å². The minimum atomic E-state index is -3.81. The number of allylic oxidation sites excluding steroid dienone is 1. The van der Waals surface area contributed by atoms with E-state index in [1.807, 2.05) is 33.3 Å². The number of aromatic nitrogens is 4. The summed E-state index contributed by atoms with van der Waals surface area (Å²) in [5.41, 5.74) is 4.39. The van der Waals surface area contributed by atoms with Crippen LogP contribution in [0.2, 0.25) is 0 Å². The Morgan fingerprint density at radius 2 is 1.76 bits per heavy atom. The van der Waals surface area contributed by atoms with Crippen molar-refractivity contribution < 1.29 is 13.2 Å². The van der Waals surface area contributed by atoms with Gasteiger partial charge in [0.05, 0.1) is 24.3 Å². The summed E-state index contributed by atoms with van der Waals surface area (Å²) in [5, 5.41) is 5.11. The number of benzene rings is 1. The molecular formula is C29H35N5O3S. The Balaban J connectivity index is 0.00000144. The first-order chi connectivity index (χ1) is 18.5. The Kier molecular flexibility index (Phi) is 7.78. The van der Waals surface area contributed by atoms with Gasteiger partial charge in [0.25, 0.3) is 10.0 Å². The lowest BCUT2D eigenvalue weighted by Gasteiger charge is -2.36. The monoisotopic (exact) mass is 533 g/mol. The molecule has 1 aliphatic heterocycles. The van der Waals surface area contributed by atoms with Gasteiger partial charge in [-0.3, -0.25) is 9.58 Å². The molecule has 3 aromatic heterocycles. The van der Waals surface area contributed by atoms with Gasteiger partial charge in [-0.2, -0.15) is 5.10 Å². The number of nitrogens with zero attached hydrogens (tertiary/aromatic N) is 5. The molecule has 4 aromatic rings. The van der Waals surface area contributed by atoms with Gasteiger partial charge in [-0.05, 0) is 48.6 Å². The van der Waals surface area contributed by atoms with E-state index >= 15 is 0 Å². The first-order valence-electron chi connectivity index (χ1n) is 13.3. The van der Waals surface area contributed by atoms with Crippen LogP contribution in [0.5, 0.6) is 0 Å². The van der Waals surface area contributed by atoms with E-state index in [4.69, 9.17) is 9.72 Å². The zero-order valence-electron chi connectivity index (χ0n) is 22.2. The van der Waals surface area contributed by atoms with E-state index in [9.17, 15) is 8.42 Å². The van der Waals surface area contributed by atoms with Gasteiger partial charge >= 0.3 is 0 Å². The van der Waals surface area contributed by atoms with Crippen LogP contribution in [0.15, 0.2) is 72.2 Å². The largest absolute Gasteiger partial charge is 0.379 e. The first-order valence-corrected chi connectivity index (χ1v) is 14.8. The topological polar surface area (TPSA) is 82.2 Å². The Morgan fingerprint density at radius 1 is 1.00 bits per heavy atom. The zero-order chi connectivity index (χ0) is 26.7. The quantitative estimate of drug-likeness (QED) is 0.360. The lowest BCUT2D eigenvalue weighted by Crippen LogP contribution is -2.43. The van der Waals surface area contributed by atoms with Gasteiger partial charge in [0.2, 0.25) is 0 Å². The Morgan fingerprint density at radius 3 is 2.42 bits per heavy atom. The minimum absolute atomic E-state index is 0.231. The molecule has 200 valence electrons. The second kappa shape index (κ2) is 11.2. The molecule has 1 atom stereocenters.